The van der Waals surface area contributed by atoms with Crippen LogP contribution in [0.3, 0.4) is 0 Å². The van der Waals surface area contributed by atoms with Gasteiger partial charge in [-0.15, -0.1) is 0 Å². The maximum absolute atomic E-state index is 12.7. The maximum atomic E-state index is 12.7. The van der Waals surface area contributed by atoms with Gasteiger partial charge in [-0.1, -0.05) is 28.9 Å². The molecule has 7 heteroatoms. The third-order valence-corrected chi connectivity index (χ3v) is 4.94. The van der Waals surface area contributed by atoms with Crippen LogP contribution >= 0.6 is 15.9 Å². The van der Waals surface area contributed by atoms with E-state index in [1.165, 1.54) is 0 Å². The van der Waals surface area contributed by atoms with Gasteiger partial charge >= 0.3 is 0 Å². The predicted molar refractivity (Wildman–Crippen MR) is 105 cm³/mol. The summed E-state index contributed by atoms with van der Waals surface area (Å²) in [5, 5.41) is 2.97. The van der Waals surface area contributed by atoms with E-state index in [0.29, 0.717) is 31.0 Å². The van der Waals surface area contributed by atoms with E-state index in [2.05, 4.69) is 21.2 Å². The number of rotatable bonds is 6. The Morgan fingerprint density at radius 2 is 2.19 bits per heavy atom. The van der Waals surface area contributed by atoms with Gasteiger partial charge in [-0.2, -0.15) is 0 Å². The van der Waals surface area contributed by atoms with Crippen LogP contribution in [0.1, 0.15) is 42.5 Å². The summed E-state index contributed by atoms with van der Waals surface area (Å²) in [6.45, 7) is 3.25. The monoisotopic (exact) mass is 434 g/mol. The van der Waals surface area contributed by atoms with Gasteiger partial charge in [0, 0.05) is 30.0 Å². The molecule has 0 aliphatic carbocycles. The van der Waals surface area contributed by atoms with Crippen molar-refractivity contribution in [3.8, 4) is 5.75 Å². The number of benzene rings is 1. The smallest absolute Gasteiger partial charge is 0.289 e. The molecular weight excluding hydrogens is 412 g/mol. The zero-order valence-corrected chi connectivity index (χ0v) is 16.8. The molecule has 1 aromatic carbocycles. The standard InChI is InChI=1S/C20H23BrN2O4/c1-2-19(24)22-15-6-4-10-23(12-15)20(25)18-9-8-17(27-18)13-26-16-7-3-5-14(21)11-16/h3,5,7-9,11,15H,2,4,6,10,12-13H2,1H3,(H,22,24). The summed E-state index contributed by atoms with van der Waals surface area (Å²) >= 11 is 3.40. The van der Waals surface area contributed by atoms with Crippen molar-refractivity contribution in [2.45, 2.75) is 38.8 Å². The normalized spacial score (nSPS) is 16.8. The van der Waals surface area contributed by atoms with Crippen LogP contribution < -0.4 is 10.1 Å². The van der Waals surface area contributed by atoms with E-state index in [9.17, 15) is 9.59 Å². The number of halogens is 1. The minimum atomic E-state index is -0.154. The number of hydrogen-bond donors (Lipinski definition) is 1. The molecule has 1 unspecified atom stereocenters. The third-order valence-electron chi connectivity index (χ3n) is 4.44. The lowest BCUT2D eigenvalue weighted by Gasteiger charge is -2.32. The number of hydrogen-bond acceptors (Lipinski definition) is 4. The Morgan fingerprint density at radius 3 is 2.96 bits per heavy atom. The van der Waals surface area contributed by atoms with E-state index >= 15 is 0 Å². The number of amides is 2. The first kappa shape index (κ1) is 19.5. The van der Waals surface area contributed by atoms with Gasteiger partial charge in [0.25, 0.3) is 5.91 Å². The summed E-state index contributed by atoms with van der Waals surface area (Å²) in [5.41, 5.74) is 0. The highest BCUT2D eigenvalue weighted by atomic mass is 79.9. The maximum Gasteiger partial charge on any atom is 0.289 e. The lowest BCUT2D eigenvalue weighted by molar-refractivity contribution is -0.121. The second-order valence-corrected chi connectivity index (χ2v) is 7.44. The summed E-state index contributed by atoms with van der Waals surface area (Å²) < 4.78 is 12.3. The first-order chi connectivity index (χ1) is 13.0. The Kier molecular flexibility index (Phi) is 6.55. The molecule has 0 spiro atoms. The van der Waals surface area contributed by atoms with Gasteiger partial charge in [0.15, 0.2) is 5.76 Å². The van der Waals surface area contributed by atoms with Crippen LogP contribution in [0.4, 0.5) is 0 Å². The molecule has 0 saturated carbocycles. The van der Waals surface area contributed by atoms with Gasteiger partial charge in [-0.25, -0.2) is 0 Å². The molecule has 2 amide bonds. The Bertz CT molecular complexity index is 805. The Morgan fingerprint density at radius 1 is 1.33 bits per heavy atom. The first-order valence-electron chi connectivity index (χ1n) is 9.11. The molecule has 2 aromatic rings. The van der Waals surface area contributed by atoms with Crippen LogP contribution in [-0.4, -0.2) is 35.8 Å². The van der Waals surface area contributed by atoms with Crippen LogP contribution in [0, 0.1) is 0 Å². The second-order valence-electron chi connectivity index (χ2n) is 6.52. The molecule has 27 heavy (non-hydrogen) atoms. The molecule has 1 aliphatic rings. The van der Waals surface area contributed by atoms with Crippen molar-refractivity contribution < 1.29 is 18.7 Å². The van der Waals surface area contributed by atoms with Gasteiger partial charge in [-0.3, -0.25) is 9.59 Å². The van der Waals surface area contributed by atoms with E-state index in [-0.39, 0.29) is 24.5 Å². The molecule has 3 rings (SSSR count). The minimum absolute atomic E-state index is 0.00411. The predicted octanol–water partition coefficient (Wildman–Crippen LogP) is 3.75. The van der Waals surface area contributed by atoms with Crippen molar-refractivity contribution in [3.05, 3.63) is 52.4 Å². The van der Waals surface area contributed by atoms with E-state index in [4.69, 9.17) is 9.15 Å². The summed E-state index contributed by atoms with van der Waals surface area (Å²) in [5.74, 6) is 1.47. The molecule has 1 saturated heterocycles. The lowest BCUT2D eigenvalue weighted by atomic mass is 10.1. The van der Waals surface area contributed by atoms with E-state index in [1.807, 2.05) is 31.2 Å². The van der Waals surface area contributed by atoms with E-state index < -0.39 is 0 Å². The van der Waals surface area contributed by atoms with Gasteiger partial charge < -0.3 is 19.4 Å². The molecule has 6 nitrogen and oxygen atoms in total. The fourth-order valence-corrected chi connectivity index (χ4v) is 3.42. The molecule has 1 N–H and O–H groups in total. The highest BCUT2D eigenvalue weighted by Gasteiger charge is 2.27. The Labute approximate surface area is 167 Å². The number of furan rings is 1. The van der Waals surface area contributed by atoms with Crippen LogP contribution in [0.15, 0.2) is 45.3 Å². The Balaban J connectivity index is 1.56. The quantitative estimate of drug-likeness (QED) is 0.751. The molecular formula is C20H23BrN2O4. The minimum Gasteiger partial charge on any atom is -0.486 e. The zero-order valence-electron chi connectivity index (χ0n) is 15.2. The van der Waals surface area contributed by atoms with Crippen LogP contribution in [0.25, 0.3) is 0 Å². The summed E-state index contributed by atoms with van der Waals surface area (Å²) in [6, 6.07) is 11.0. The summed E-state index contributed by atoms with van der Waals surface area (Å²) in [7, 11) is 0. The fraction of sp³-hybridized carbons (Fsp3) is 0.400. The van der Waals surface area contributed by atoms with Gasteiger partial charge in [0.05, 0.1) is 0 Å². The number of carbonyl (C=O) groups excluding carboxylic acids is 2. The van der Waals surface area contributed by atoms with Crippen LogP contribution in [-0.2, 0) is 11.4 Å². The second kappa shape index (κ2) is 9.08. The third kappa shape index (κ3) is 5.35. The molecule has 0 radical (unpaired) electrons. The molecule has 1 aliphatic heterocycles. The van der Waals surface area contributed by atoms with E-state index in [1.54, 1.807) is 17.0 Å². The largest absolute Gasteiger partial charge is 0.486 e. The number of nitrogens with zero attached hydrogens (tertiary/aromatic N) is 1. The van der Waals surface area contributed by atoms with Crippen LogP contribution in [0.2, 0.25) is 0 Å². The van der Waals surface area contributed by atoms with Crippen molar-refractivity contribution in [1.29, 1.82) is 0 Å². The molecule has 2 heterocycles. The molecule has 144 valence electrons. The highest BCUT2D eigenvalue weighted by molar-refractivity contribution is 9.10. The number of nitrogens with one attached hydrogen (secondary N) is 1. The van der Waals surface area contributed by atoms with E-state index in [0.717, 1.165) is 23.1 Å². The average molecular weight is 435 g/mol. The van der Waals surface area contributed by atoms with Crippen molar-refractivity contribution in [2.75, 3.05) is 13.1 Å². The number of piperidine rings is 1. The summed E-state index contributed by atoms with van der Waals surface area (Å²) in [6.07, 6.45) is 2.20. The highest BCUT2D eigenvalue weighted by Crippen LogP contribution is 2.20. The molecule has 1 aromatic heterocycles. The van der Waals surface area contributed by atoms with Gasteiger partial charge in [0.1, 0.15) is 18.1 Å². The lowest BCUT2D eigenvalue weighted by Crippen LogP contribution is -2.49. The van der Waals surface area contributed by atoms with Crippen molar-refractivity contribution in [1.82, 2.24) is 10.2 Å². The Hall–Kier alpha value is -2.28. The molecule has 1 fully saturated rings. The molecule has 0 bridgehead atoms. The summed E-state index contributed by atoms with van der Waals surface area (Å²) in [4.78, 5) is 26.0. The van der Waals surface area contributed by atoms with Crippen LogP contribution in [0.5, 0.6) is 5.75 Å². The van der Waals surface area contributed by atoms with Crippen molar-refractivity contribution >= 4 is 27.7 Å². The first-order valence-corrected chi connectivity index (χ1v) is 9.90. The number of ether oxygens (including phenoxy) is 1. The van der Waals surface area contributed by atoms with Gasteiger partial charge in [-0.05, 0) is 43.2 Å². The number of likely N-dealkylation sites (tertiary alicyclic amines) is 1. The zero-order chi connectivity index (χ0) is 19.2. The van der Waals surface area contributed by atoms with Gasteiger partial charge in [0.2, 0.25) is 5.91 Å². The fourth-order valence-electron chi connectivity index (χ4n) is 3.05. The van der Waals surface area contributed by atoms with Crippen molar-refractivity contribution in [3.63, 3.8) is 0 Å². The topological polar surface area (TPSA) is 71.8 Å². The average Bonchev–Trinajstić information content (AvgIpc) is 3.15. The number of carbonyl (C=O) groups is 2. The molecule has 1 atom stereocenters. The SMILES string of the molecule is CCC(=O)NC1CCCN(C(=O)c2ccc(COc3cccc(Br)c3)o2)C1. The van der Waals surface area contributed by atoms with Crippen molar-refractivity contribution in [2.24, 2.45) is 0 Å².